The van der Waals surface area contributed by atoms with E-state index in [4.69, 9.17) is 4.74 Å². The molecule has 136 valence electrons. The molecule has 0 aliphatic carbocycles. The lowest BCUT2D eigenvalue weighted by molar-refractivity contribution is 0.0953. The number of nitrogens with zero attached hydrogens (tertiary/aromatic N) is 5. The maximum Gasteiger partial charge on any atom is 0.191 e. The Balaban J connectivity index is 1.59. The summed E-state index contributed by atoms with van der Waals surface area (Å²) in [5.41, 5.74) is 3.56. The SMILES string of the molecule is Cc1cccc(CSc2nnc(-c3cnn(C)c3)n2C[C@@H]2CCCO2)c1. The molecule has 4 rings (SSSR count). The quantitative estimate of drug-likeness (QED) is 0.623. The van der Waals surface area contributed by atoms with Crippen molar-refractivity contribution in [2.24, 2.45) is 7.05 Å². The fraction of sp³-hybridized carbons (Fsp3) is 0.421. The number of benzene rings is 1. The van der Waals surface area contributed by atoms with Gasteiger partial charge in [-0.15, -0.1) is 10.2 Å². The highest BCUT2D eigenvalue weighted by Gasteiger charge is 2.22. The zero-order valence-corrected chi connectivity index (χ0v) is 15.9. The highest BCUT2D eigenvalue weighted by molar-refractivity contribution is 7.98. The molecule has 2 aromatic heterocycles. The van der Waals surface area contributed by atoms with Crippen LogP contribution in [0.2, 0.25) is 0 Å². The highest BCUT2D eigenvalue weighted by atomic mass is 32.2. The van der Waals surface area contributed by atoms with Crippen molar-refractivity contribution in [2.75, 3.05) is 6.61 Å². The predicted octanol–water partition coefficient (Wildman–Crippen LogP) is 3.46. The Morgan fingerprint density at radius 1 is 1.31 bits per heavy atom. The molecule has 1 fully saturated rings. The molecule has 26 heavy (non-hydrogen) atoms. The number of hydrogen-bond acceptors (Lipinski definition) is 5. The lowest BCUT2D eigenvalue weighted by atomic mass is 10.2. The van der Waals surface area contributed by atoms with Crippen molar-refractivity contribution in [3.05, 3.63) is 47.8 Å². The maximum absolute atomic E-state index is 5.85. The van der Waals surface area contributed by atoms with Gasteiger partial charge in [0, 0.05) is 25.6 Å². The summed E-state index contributed by atoms with van der Waals surface area (Å²) in [7, 11) is 1.91. The number of ether oxygens (including phenoxy) is 1. The molecular weight excluding hydrogens is 346 g/mol. The lowest BCUT2D eigenvalue weighted by Gasteiger charge is -2.14. The Labute approximate surface area is 157 Å². The summed E-state index contributed by atoms with van der Waals surface area (Å²) in [6, 6.07) is 8.59. The van der Waals surface area contributed by atoms with Crippen LogP contribution in [0.5, 0.6) is 0 Å². The first kappa shape index (κ1) is 17.3. The molecule has 0 amide bonds. The van der Waals surface area contributed by atoms with Gasteiger partial charge in [0.25, 0.3) is 0 Å². The van der Waals surface area contributed by atoms with Crippen molar-refractivity contribution in [1.29, 1.82) is 0 Å². The van der Waals surface area contributed by atoms with E-state index in [0.29, 0.717) is 0 Å². The van der Waals surface area contributed by atoms with Crippen LogP contribution in [0.15, 0.2) is 41.8 Å². The van der Waals surface area contributed by atoms with E-state index in [0.717, 1.165) is 48.3 Å². The van der Waals surface area contributed by atoms with Crippen molar-refractivity contribution in [3.63, 3.8) is 0 Å². The zero-order chi connectivity index (χ0) is 17.9. The Bertz CT molecular complexity index is 882. The Hall–Kier alpha value is -2.12. The molecule has 0 unspecified atom stereocenters. The van der Waals surface area contributed by atoms with Crippen LogP contribution < -0.4 is 0 Å². The van der Waals surface area contributed by atoms with Gasteiger partial charge >= 0.3 is 0 Å². The van der Waals surface area contributed by atoms with Crippen LogP contribution in [0.1, 0.15) is 24.0 Å². The van der Waals surface area contributed by atoms with Crippen molar-refractivity contribution in [1.82, 2.24) is 24.5 Å². The van der Waals surface area contributed by atoms with E-state index in [1.54, 1.807) is 16.4 Å². The van der Waals surface area contributed by atoms with E-state index in [2.05, 4.69) is 51.1 Å². The molecule has 0 spiro atoms. The third kappa shape index (κ3) is 3.83. The molecule has 1 aliphatic heterocycles. The molecule has 0 N–H and O–H groups in total. The average molecular weight is 369 g/mol. The number of aryl methyl sites for hydroxylation is 2. The Morgan fingerprint density at radius 3 is 2.96 bits per heavy atom. The molecule has 0 radical (unpaired) electrons. The molecular formula is C19H23N5OS. The minimum atomic E-state index is 0.236. The van der Waals surface area contributed by atoms with Gasteiger partial charge in [-0.25, -0.2) is 0 Å². The minimum absolute atomic E-state index is 0.236. The maximum atomic E-state index is 5.85. The molecule has 1 atom stereocenters. The fourth-order valence-corrected chi connectivity index (χ4v) is 4.14. The van der Waals surface area contributed by atoms with Crippen molar-refractivity contribution in [2.45, 2.75) is 43.3 Å². The van der Waals surface area contributed by atoms with E-state index < -0.39 is 0 Å². The number of rotatable bonds is 6. The van der Waals surface area contributed by atoms with E-state index in [9.17, 15) is 0 Å². The summed E-state index contributed by atoms with van der Waals surface area (Å²) < 4.78 is 9.83. The normalized spacial score (nSPS) is 17.1. The van der Waals surface area contributed by atoms with E-state index in [1.807, 2.05) is 19.4 Å². The summed E-state index contributed by atoms with van der Waals surface area (Å²) >= 11 is 1.72. The lowest BCUT2D eigenvalue weighted by Crippen LogP contribution is -2.16. The van der Waals surface area contributed by atoms with Gasteiger partial charge in [0.05, 0.1) is 24.4 Å². The number of hydrogen-bond donors (Lipinski definition) is 0. The third-order valence-electron chi connectivity index (χ3n) is 4.54. The van der Waals surface area contributed by atoms with Crippen LogP contribution in [0, 0.1) is 6.92 Å². The van der Waals surface area contributed by atoms with Gasteiger partial charge in [-0.3, -0.25) is 9.25 Å². The monoisotopic (exact) mass is 369 g/mol. The molecule has 1 aromatic carbocycles. The highest BCUT2D eigenvalue weighted by Crippen LogP contribution is 2.28. The van der Waals surface area contributed by atoms with Crippen molar-refractivity contribution < 1.29 is 4.74 Å². The molecule has 1 saturated heterocycles. The fourth-order valence-electron chi connectivity index (χ4n) is 3.25. The minimum Gasteiger partial charge on any atom is -0.376 e. The van der Waals surface area contributed by atoms with E-state index >= 15 is 0 Å². The molecule has 3 aromatic rings. The standard InChI is InChI=1S/C19H23N5OS/c1-14-5-3-6-15(9-14)13-26-19-22-21-18(16-10-20-23(2)11-16)24(19)12-17-7-4-8-25-17/h3,5-6,9-11,17H,4,7-8,12-13H2,1-2H3/t17-/m0/s1. The van der Waals surface area contributed by atoms with Crippen LogP contribution in [0.3, 0.4) is 0 Å². The van der Waals surface area contributed by atoms with Crippen molar-refractivity contribution in [3.8, 4) is 11.4 Å². The average Bonchev–Trinajstić information content (AvgIpc) is 3.35. The zero-order valence-electron chi connectivity index (χ0n) is 15.1. The second-order valence-electron chi connectivity index (χ2n) is 6.73. The summed E-state index contributed by atoms with van der Waals surface area (Å²) in [6.45, 7) is 3.75. The van der Waals surface area contributed by atoms with E-state index in [-0.39, 0.29) is 6.10 Å². The summed E-state index contributed by atoms with van der Waals surface area (Å²) in [4.78, 5) is 0. The smallest absolute Gasteiger partial charge is 0.191 e. The van der Waals surface area contributed by atoms with Gasteiger partial charge in [0.2, 0.25) is 0 Å². The third-order valence-corrected chi connectivity index (χ3v) is 5.58. The van der Waals surface area contributed by atoms with Crippen LogP contribution in [-0.2, 0) is 24.1 Å². The molecule has 0 saturated carbocycles. The first-order chi connectivity index (χ1) is 12.7. The van der Waals surface area contributed by atoms with Crippen LogP contribution in [-0.4, -0.2) is 37.3 Å². The predicted molar refractivity (Wildman–Crippen MR) is 102 cm³/mol. The van der Waals surface area contributed by atoms with Crippen LogP contribution in [0.4, 0.5) is 0 Å². The largest absolute Gasteiger partial charge is 0.376 e. The topological polar surface area (TPSA) is 57.8 Å². The number of thioether (sulfide) groups is 1. The van der Waals surface area contributed by atoms with Crippen molar-refractivity contribution >= 4 is 11.8 Å². The molecule has 7 heteroatoms. The van der Waals surface area contributed by atoms with Crippen LogP contribution in [0.25, 0.3) is 11.4 Å². The Kier molecular flexibility index (Phi) is 5.08. The molecule has 0 bridgehead atoms. The second kappa shape index (κ2) is 7.63. The summed E-state index contributed by atoms with van der Waals surface area (Å²) in [5.74, 6) is 1.73. The van der Waals surface area contributed by atoms with Gasteiger partial charge in [0.15, 0.2) is 11.0 Å². The van der Waals surface area contributed by atoms with E-state index in [1.165, 1.54) is 11.1 Å². The van der Waals surface area contributed by atoms with Gasteiger partial charge in [-0.05, 0) is 25.3 Å². The second-order valence-corrected chi connectivity index (χ2v) is 7.67. The number of aromatic nitrogens is 5. The Morgan fingerprint density at radius 2 is 2.23 bits per heavy atom. The van der Waals surface area contributed by atoms with Gasteiger partial charge in [0.1, 0.15) is 0 Å². The molecule has 3 heterocycles. The first-order valence-electron chi connectivity index (χ1n) is 8.91. The van der Waals surface area contributed by atoms with Gasteiger partial charge < -0.3 is 4.74 Å². The first-order valence-corrected chi connectivity index (χ1v) is 9.90. The summed E-state index contributed by atoms with van der Waals surface area (Å²) in [6.07, 6.45) is 6.27. The molecule has 1 aliphatic rings. The summed E-state index contributed by atoms with van der Waals surface area (Å²) in [5, 5.41) is 14.1. The molecule has 6 nitrogen and oxygen atoms in total. The van der Waals surface area contributed by atoms with Crippen LogP contribution >= 0.6 is 11.8 Å². The van der Waals surface area contributed by atoms with Gasteiger partial charge in [-0.2, -0.15) is 5.10 Å². The van der Waals surface area contributed by atoms with Gasteiger partial charge in [-0.1, -0.05) is 41.6 Å².